The lowest BCUT2D eigenvalue weighted by Gasteiger charge is -2.28. The predicted molar refractivity (Wildman–Crippen MR) is 107 cm³/mol. The van der Waals surface area contributed by atoms with Crippen LogP contribution in [0.5, 0.6) is 5.75 Å². The lowest BCUT2D eigenvalue weighted by Crippen LogP contribution is -2.31. The Kier molecular flexibility index (Phi) is 4.47. The van der Waals surface area contributed by atoms with Crippen molar-refractivity contribution in [1.29, 1.82) is 0 Å². The Labute approximate surface area is 167 Å². The van der Waals surface area contributed by atoms with Crippen LogP contribution < -0.4 is 4.90 Å². The highest BCUT2D eigenvalue weighted by Crippen LogP contribution is 2.43. The van der Waals surface area contributed by atoms with Crippen molar-refractivity contribution in [2.45, 2.75) is 19.9 Å². The lowest BCUT2D eigenvalue weighted by molar-refractivity contribution is -0.117. The maximum absolute atomic E-state index is 13.1. The number of phenols is 1. The average Bonchev–Trinajstić information content (AvgIpc) is 3.33. The zero-order valence-corrected chi connectivity index (χ0v) is 15.9. The molecule has 0 spiro atoms. The predicted octanol–water partition coefficient (Wildman–Crippen LogP) is 4.38. The number of phenolic OH excluding ortho intramolecular Hbond substituents is 1. The number of aryl methyl sites for hydroxylation is 1. The molecule has 146 valence electrons. The monoisotopic (exact) mass is 389 g/mol. The van der Waals surface area contributed by atoms with E-state index in [2.05, 4.69) is 0 Å². The molecule has 1 aliphatic rings. The first-order valence-corrected chi connectivity index (χ1v) is 9.10. The van der Waals surface area contributed by atoms with Gasteiger partial charge >= 0.3 is 0 Å². The molecule has 6 heteroatoms. The van der Waals surface area contributed by atoms with Crippen LogP contribution in [-0.2, 0) is 4.79 Å². The summed E-state index contributed by atoms with van der Waals surface area (Å²) in [4.78, 5) is 27.6. The fraction of sp³-hybridized carbons (Fsp3) is 0.130. The first-order chi connectivity index (χ1) is 13.9. The highest BCUT2D eigenvalue weighted by molar-refractivity contribution is 6.20. The Morgan fingerprint density at radius 2 is 1.72 bits per heavy atom. The number of aliphatic hydroxyl groups excluding tert-OH is 1. The van der Waals surface area contributed by atoms with Crippen molar-refractivity contribution < 1.29 is 24.2 Å². The number of rotatable bonds is 4. The quantitative estimate of drug-likeness (QED) is 0.646. The molecular weight excluding hydrogens is 370 g/mol. The number of amides is 1. The highest BCUT2D eigenvalue weighted by atomic mass is 16.3. The number of aliphatic hydroxyl groups is 1. The summed E-state index contributed by atoms with van der Waals surface area (Å²) in [6.07, 6.45) is 1.36. The summed E-state index contributed by atoms with van der Waals surface area (Å²) in [6.45, 7) is 3.81. The van der Waals surface area contributed by atoms with Gasteiger partial charge in [0.2, 0.25) is 5.78 Å². The van der Waals surface area contributed by atoms with Crippen molar-refractivity contribution in [3.05, 3.63) is 94.6 Å². The van der Waals surface area contributed by atoms with Crippen LogP contribution in [0.1, 0.15) is 33.3 Å². The first-order valence-electron chi connectivity index (χ1n) is 9.10. The SMILES string of the molecule is Cc1cccc(N2C(=O)C(O)=C(C(=O)c3ccco3)C2c2ccc(O)cc2)c1C. The zero-order valence-electron chi connectivity index (χ0n) is 15.9. The molecule has 0 radical (unpaired) electrons. The number of nitrogens with zero attached hydrogens (tertiary/aromatic N) is 1. The molecule has 0 saturated carbocycles. The highest BCUT2D eigenvalue weighted by Gasteiger charge is 2.45. The van der Waals surface area contributed by atoms with Gasteiger partial charge in [-0.2, -0.15) is 0 Å². The Morgan fingerprint density at radius 1 is 1.00 bits per heavy atom. The number of carbonyl (C=O) groups excluding carboxylic acids is 2. The second kappa shape index (κ2) is 6.98. The topological polar surface area (TPSA) is 91.0 Å². The Bertz CT molecular complexity index is 1130. The minimum absolute atomic E-state index is 0.0333. The van der Waals surface area contributed by atoms with E-state index in [0.717, 1.165) is 11.1 Å². The molecule has 3 aromatic rings. The molecule has 2 heterocycles. The molecule has 29 heavy (non-hydrogen) atoms. The summed E-state index contributed by atoms with van der Waals surface area (Å²) in [6, 6.07) is 13.9. The van der Waals surface area contributed by atoms with Crippen molar-refractivity contribution in [3.63, 3.8) is 0 Å². The van der Waals surface area contributed by atoms with E-state index in [9.17, 15) is 19.8 Å². The molecule has 1 atom stereocenters. The molecule has 6 nitrogen and oxygen atoms in total. The number of hydrogen-bond acceptors (Lipinski definition) is 5. The number of furan rings is 1. The first kappa shape index (κ1) is 18.6. The van der Waals surface area contributed by atoms with Crippen molar-refractivity contribution >= 4 is 17.4 Å². The summed E-state index contributed by atoms with van der Waals surface area (Å²) in [5.74, 6) is -1.74. The van der Waals surface area contributed by atoms with Gasteiger partial charge in [0.15, 0.2) is 11.5 Å². The van der Waals surface area contributed by atoms with Crippen molar-refractivity contribution in [1.82, 2.24) is 0 Å². The smallest absolute Gasteiger partial charge is 0.294 e. The van der Waals surface area contributed by atoms with Gasteiger partial charge in [0, 0.05) is 5.69 Å². The summed E-state index contributed by atoms with van der Waals surface area (Å²) in [7, 11) is 0. The number of anilines is 1. The molecule has 1 amide bonds. The van der Waals surface area contributed by atoms with Crippen molar-refractivity contribution in [2.75, 3.05) is 4.90 Å². The minimum Gasteiger partial charge on any atom is -0.508 e. The molecule has 0 bridgehead atoms. The van der Waals surface area contributed by atoms with Gasteiger partial charge in [-0.1, -0.05) is 24.3 Å². The van der Waals surface area contributed by atoms with Crippen LogP contribution in [0.3, 0.4) is 0 Å². The van der Waals surface area contributed by atoms with Gasteiger partial charge in [-0.25, -0.2) is 0 Å². The van der Waals surface area contributed by atoms with E-state index < -0.39 is 23.5 Å². The largest absolute Gasteiger partial charge is 0.508 e. The van der Waals surface area contributed by atoms with Gasteiger partial charge in [-0.3, -0.25) is 14.5 Å². The maximum atomic E-state index is 13.1. The van der Waals surface area contributed by atoms with Crippen LogP contribution in [0.2, 0.25) is 0 Å². The lowest BCUT2D eigenvalue weighted by atomic mass is 9.94. The standard InChI is InChI=1S/C23H19NO5/c1-13-5-3-6-17(14(13)2)24-20(15-8-10-16(25)11-9-15)19(22(27)23(24)28)21(26)18-7-4-12-29-18/h3-12,20,25,27H,1-2H3. The third kappa shape index (κ3) is 2.99. The van der Waals surface area contributed by atoms with Crippen molar-refractivity contribution in [3.8, 4) is 5.75 Å². The number of benzene rings is 2. The number of hydrogen-bond donors (Lipinski definition) is 2. The van der Waals surface area contributed by atoms with Gasteiger partial charge < -0.3 is 14.6 Å². The molecule has 1 aliphatic heterocycles. The van der Waals surface area contributed by atoms with Crippen LogP contribution in [0.15, 0.2) is 76.6 Å². The van der Waals surface area contributed by atoms with E-state index in [0.29, 0.717) is 11.3 Å². The van der Waals surface area contributed by atoms with E-state index in [4.69, 9.17) is 4.42 Å². The Morgan fingerprint density at radius 3 is 2.38 bits per heavy atom. The molecule has 1 unspecified atom stereocenters. The van der Waals surface area contributed by atoms with Gasteiger partial charge in [-0.15, -0.1) is 0 Å². The molecule has 0 aliphatic carbocycles. The normalized spacial score (nSPS) is 16.6. The Hall–Kier alpha value is -3.80. The van der Waals surface area contributed by atoms with E-state index >= 15 is 0 Å². The molecule has 4 rings (SSSR count). The molecule has 1 aromatic heterocycles. The van der Waals surface area contributed by atoms with Gasteiger partial charge in [0.25, 0.3) is 5.91 Å². The fourth-order valence-corrected chi connectivity index (χ4v) is 3.59. The summed E-state index contributed by atoms with van der Waals surface area (Å²) in [5, 5.41) is 20.3. The van der Waals surface area contributed by atoms with Gasteiger partial charge in [0.1, 0.15) is 5.75 Å². The summed E-state index contributed by atoms with van der Waals surface area (Å²) < 4.78 is 5.21. The maximum Gasteiger partial charge on any atom is 0.294 e. The third-order valence-corrected chi connectivity index (χ3v) is 5.24. The summed E-state index contributed by atoms with van der Waals surface area (Å²) >= 11 is 0. The van der Waals surface area contributed by atoms with Crippen LogP contribution in [0, 0.1) is 13.8 Å². The van der Waals surface area contributed by atoms with E-state index in [1.165, 1.54) is 29.4 Å². The number of ketones is 1. The Balaban J connectivity index is 1.92. The van der Waals surface area contributed by atoms with E-state index in [1.807, 2.05) is 26.0 Å². The summed E-state index contributed by atoms with van der Waals surface area (Å²) in [5.41, 5.74) is 2.96. The second-order valence-corrected chi connectivity index (χ2v) is 6.96. The van der Waals surface area contributed by atoms with Crippen LogP contribution in [0.4, 0.5) is 5.69 Å². The van der Waals surface area contributed by atoms with E-state index in [-0.39, 0.29) is 17.1 Å². The molecule has 0 fully saturated rings. The van der Waals surface area contributed by atoms with Crippen LogP contribution >= 0.6 is 0 Å². The minimum atomic E-state index is -0.860. The van der Waals surface area contributed by atoms with Gasteiger partial charge in [-0.05, 0) is 60.9 Å². The second-order valence-electron chi connectivity index (χ2n) is 6.96. The average molecular weight is 389 g/mol. The number of aromatic hydroxyl groups is 1. The number of carbonyl (C=O) groups is 2. The van der Waals surface area contributed by atoms with Crippen LogP contribution in [0.25, 0.3) is 0 Å². The number of Topliss-reactive ketones (excluding diaryl/α,β-unsaturated/α-hetero) is 1. The third-order valence-electron chi connectivity index (χ3n) is 5.24. The molecule has 2 aromatic carbocycles. The molecule has 0 saturated heterocycles. The van der Waals surface area contributed by atoms with Crippen LogP contribution in [-0.4, -0.2) is 21.9 Å². The van der Waals surface area contributed by atoms with Crippen molar-refractivity contribution in [2.24, 2.45) is 0 Å². The van der Waals surface area contributed by atoms with Gasteiger partial charge in [0.05, 0.1) is 17.9 Å². The van der Waals surface area contributed by atoms with E-state index in [1.54, 1.807) is 24.3 Å². The fourth-order valence-electron chi connectivity index (χ4n) is 3.59. The molecular formula is C23H19NO5. The molecule has 2 N–H and O–H groups in total. The zero-order chi connectivity index (χ0) is 20.7.